The quantitative estimate of drug-likeness (QED) is 0.561. The second kappa shape index (κ2) is 10.9. The molecule has 0 atom stereocenters. The van der Waals surface area contributed by atoms with Crippen molar-refractivity contribution in [1.29, 1.82) is 0 Å². The van der Waals surface area contributed by atoms with Crippen molar-refractivity contribution in [1.82, 2.24) is 26.1 Å². The predicted octanol–water partition coefficient (Wildman–Crippen LogP) is 2.65. The molecule has 1 aliphatic carbocycles. The molecule has 2 aromatic rings. The van der Waals surface area contributed by atoms with Crippen LogP contribution in [0.25, 0.3) is 10.9 Å². The summed E-state index contributed by atoms with van der Waals surface area (Å²) in [5, 5.41) is 18.9. The normalized spacial score (nSPS) is 15.1. The summed E-state index contributed by atoms with van der Waals surface area (Å²) in [5.41, 5.74) is 1.34. The Balaban J connectivity index is 1.25. The summed E-state index contributed by atoms with van der Waals surface area (Å²) in [6.45, 7) is 3.72. The van der Waals surface area contributed by atoms with Crippen LogP contribution < -0.4 is 16.0 Å². The van der Waals surface area contributed by atoms with Crippen molar-refractivity contribution in [2.45, 2.75) is 51.0 Å². The van der Waals surface area contributed by atoms with Crippen LogP contribution in [0.2, 0.25) is 0 Å². The third kappa shape index (κ3) is 6.26. The first-order chi connectivity index (χ1) is 13.3. The first-order valence-corrected chi connectivity index (χ1v) is 10.3. The number of rotatable bonds is 10. The van der Waals surface area contributed by atoms with E-state index in [0.717, 1.165) is 49.4 Å². The second-order valence-electron chi connectivity index (χ2n) is 7.28. The number of aromatic nitrogens is 2. The number of nitrogens with one attached hydrogen (secondary N) is 3. The molecule has 6 heteroatoms. The molecule has 0 aliphatic heterocycles. The van der Waals surface area contributed by atoms with Crippen molar-refractivity contribution in [2.24, 2.45) is 0 Å². The van der Waals surface area contributed by atoms with Gasteiger partial charge in [-0.05, 0) is 38.3 Å². The third-order valence-electron chi connectivity index (χ3n) is 5.20. The fourth-order valence-corrected chi connectivity index (χ4v) is 3.66. The lowest BCUT2D eigenvalue weighted by Crippen LogP contribution is -2.36. The van der Waals surface area contributed by atoms with Gasteiger partial charge in [0.05, 0.1) is 17.3 Å². The van der Waals surface area contributed by atoms with Gasteiger partial charge in [0.2, 0.25) is 0 Å². The average molecular weight is 370 g/mol. The monoisotopic (exact) mass is 369 g/mol. The van der Waals surface area contributed by atoms with Gasteiger partial charge in [-0.1, -0.05) is 37.5 Å². The molecule has 0 saturated heterocycles. The van der Waals surface area contributed by atoms with Gasteiger partial charge in [-0.25, -0.2) is 0 Å². The van der Waals surface area contributed by atoms with Crippen molar-refractivity contribution < 1.29 is 4.79 Å². The van der Waals surface area contributed by atoms with E-state index in [4.69, 9.17) is 0 Å². The van der Waals surface area contributed by atoms with E-state index in [1.54, 1.807) is 6.20 Å². The summed E-state index contributed by atoms with van der Waals surface area (Å²) in [4.78, 5) is 12.4. The number of carbonyl (C=O) groups excluding carboxylic acids is 1. The number of amides is 1. The fourth-order valence-electron chi connectivity index (χ4n) is 3.66. The number of carbonyl (C=O) groups is 1. The number of hydrogen-bond acceptors (Lipinski definition) is 5. The smallest absolute Gasteiger partial charge is 0.253 e. The molecule has 3 rings (SSSR count). The molecular formula is C21H31N5O. The minimum Gasteiger partial charge on any atom is -0.352 e. The molecule has 1 aliphatic rings. The Labute approximate surface area is 161 Å². The molecule has 6 nitrogen and oxygen atoms in total. The predicted molar refractivity (Wildman–Crippen MR) is 109 cm³/mol. The Kier molecular flexibility index (Phi) is 7.99. The largest absolute Gasteiger partial charge is 0.352 e. The highest BCUT2D eigenvalue weighted by molar-refractivity contribution is 6.05. The maximum Gasteiger partial charge on any atom is 0.253 e. The zero-order chi connectivity index (χ0) is 18.7. The lowest BCUT2D eigenvalue weighted by Gasteiger charge is -2.22. The van der Waals surface area contributed by atoms with Crippen molar-refractivity contribution in [2.75, 3.05) is 26.2 Å². The Hall–Kier alpha value is -2.05. The highest BCUT2D eigenvalue weighted by Crippen LogP contribution is 2.17. The number of benzene rings is 1. The second-order valence-corrected chi connectivity index (χ2v) is 7.28. The summed E-state index contributed by atoms with van der Waals surface area (Å²) in [7, 11) is 0. The van der Waals surface area contributed by atoms with E-state index in [1.807, 2.05) is 24.3 Å². The molecule has 3 N–H and O–H groups in total. The van der Waals surface area contributed by atoms with Crippen LogP contribution >= 0.6 is 0 Å². The van der Waals surface area contributed by atoms with E-state index >= 15 is 0 Å². The summed E-state index contributed by atoms with van der Waals surface area (Å²) < 4.78 is 0. The molecule has 0 radical (unpaired) electrons. The van der Waals surface area contributed by atoms with Gasteiger partial charge in [-0.3, -0.25) is 4.79 Å². The zero-order valence-corrected chi connectivity index (χ0v) is 16.0. The van der Waals surface area contributed by atoms with Gasteiger partial charge in [0.15, 0.2) is 0 Å². The van der Waals surface area contributed by atoms with E-state index in [1.165, 1.54) is 32.1 Å². The summed E-state index contributed by atoms with van der Waals surface area (Å²) in [5.74, 6) is -0.0780. The molecule has 1 amide bonds. The van der Waals surface area contributed by atoms with Gasteiger partial charge in [0.25, 0.3) is 5.91 Å². The first-order valence-electron chi connectivity index (χ1n) is 10.3. The lowest BCUT2D eigenvalue weighted by atomic mass is 9.95. The van der Waals surface area contributed by atoms with E-state index in [0.29, 0.717) is 12.1 Å². The molecule has 27 heavy (non-hydrogen) atoms. The van der Waals surface area contributed by atoms with E-state index in [2.05, 4.69) is 26.1 Å². The van der Waals surface area contributed by atoms with Gasteiger partial charge in [0.1, 0.15) is 0 Å². The van der Waals surface area contributed by atoms with Crippen LogP contribution in [0, 0.1) is 0 Å². The number of unbranched alkanes of at least 4 members (excludes halogenated alkanes) is 1. The minimum atomic E-state index is -0.0780. The lowest BCUT2D eigenvalue weighted by molar-refractivity contribution is 0.0954. The van der Waals surface area contributed by atoms with E-state index in [9.17, 15) is 4.79 Å². The number of nitrogens with zero attached hydrogens (tertiary/aromatic N) is 2. The molecule has 1 fully saturated rings. The molecule has 1 saturated carbocycles. The molecule has 1 heterocycles. The van der Waals surface area contributed by atoms with Crippen molar-refractivity contribution in [3.63, 3.8) is 0 Å². The standard InChI is InChI=1S/C21H31N5O/c27-21(19-16-25-26-20-11-5-4-10-18(19)20)24-13-7-6-12-22-14-15-23-17-8-2-1-3-9-17/h4-5,10-11,16-17,22-23H,1-3,6-9,12-15H2,(H,24,27). The van der Waals surface area contributed by atoms with Gasteiger partial charge < -0.3 is 16.0 Å². The number of hydrogen-bond donors (Lipinski definition) is 3. The Morgan fingerprint density at radius 2 is 1.81 bits per heavy atom. The molecular weight excluding hydrogens is 338 g/mol. The maximum atomic E-state index is 12.4. The molecule has 0 unspecified atom stereocenters. The van der Waals surface area contributed by atoms with E-state index in [-0.39, 0.29) is 5.91 Å². The van der Waals surface area contributed by atoms with Crippen molar-refractivity contribution in [3.8, 4) is 0 Å². The van der Waals surface area contributed by atoms with E-state index < -0.39 is 0 Å². The molecule has 0 spiro atoms. The Morgan fingerprint density at radius 3 is 2.70 bits per heavy atom. The molecule has 0 bridgehead atoms. The fraction of sp³-hybridized carbons (Fsp3) is 0.571. The van der Waals surface area contributed by atoms with Crippen LogP contribution in [0.15, 0.2) is 30.5 Å². The summed E-state index contributed by atoms with van der Waals surface area (Å²) in [6.07, 6.45) is 10.4. The Morgan fingerprint density at radius 1 is 1.00 bits per heavy atom. The van der Waals surface area contributed by atoms with Crippen LogP contribution in [-0.4, -0.2) is 48.3 Å². The highest BCUT2D eigenvalue weighted by atomic mass is 16.1. The SMILES string of the molecule is O=C(NCCCCNCCNC1CCCCC1)c1cnnc2ccccc12. The van der Waals surface area contributed by atoms with Crippen LogP contribution in [0.4, 0.5) is 0 Å². The van der Waals surface area contributed by atoms with Gasteiger partial charge >= 0.3 is 0 Å². The van der Waals surface area contributed by atoms with Gasteiger partial charge in [0, 0.05) is 31.1 Å². The maximum absolute atomic E-state index is 12.4. The molecule has 146 valence electrons. The third-order valence-corrected chi connectivity index (χ3v) is 5.20. The van der Waals surface area contributed by atoms with Crippen molar-refractivity contribution >= 4 is 16.8 Å². The molecule has 1 aromatic heterocycles. The van der Waals surface area contributed by atoms with Gasteiger partial charge in [-0.15, -0.1) is 0 Å². The first kappa shape index (κ1) is 19.7. The van der Waals surface area contributed by atoms with Crippen LogP contribution in [0.5, 0.6) is 0 Å². The summed E-state index contributed by atoms with van der Waals surface area (Å²) >= 11 is 0. The van der Waals surface area contributed by atoms with Crippen LogP contribution in [-0.2, 0) is 0 Å². The molecule has 1 aromatic carbocycles. The van der Waals surface area contributed by atoms with Crippen LogP contribution in [0.1, 0.15) is 55.3 Å². The van der Waals surface area contributed by atoms with Crippen molar-refractivity contribution in [3.05, 3.63) is 36.0 Å². The van der Waals surface area contributed by atoms with Gasteiger partial charge in [-0.2, -0.15) is 10.2 Å². The highest BCUT2D eigenvalue weighted by Gasteiger charge is 2.12. The Bertz CT molecular complexity index is 709. The number of fused-ring (bicyclic) bond motifs is 1. The minimum absolute atomic E-state index is 0.0780. The summed E-state index contributed by atoms with van der Waals surface area (Å²) in [6, 6.07) is 8.32. The average Bonchev–Trinajstić information content (AvgIpc) is 2.72. The topological polar surface area (TPSA) is 78.9 Å². The zero-order valence-electron chi connectivity index (χ0n) is 16.0. The van der Waals surface area contributed by atoms with Crippen LogP contribution in [0.3, 0.4) is 0 Å².